The van der Waals surface area contributed by atoms with Crippen molar-refractivity contribution in [3.05, 3.63) is 35.6 Å². The Morgan fingerprint density at radius 2 is 2.00 bits per heavy atom. The number of amides is 1. The Labute approximate surface area is 130 Å². The van der Waals surface area contributed by atoms with Crippen molar-refractivity contribution in [3.63, 3.8) is 0 Å². The SMILES string of the molecule is COCc1c(C(=O)NC2CCC(C)CC2)oc2ccccc12. The molecule has 0 radical (unpaired) electrons. The van der Waals surface area contributed by atoms with E-state index in [0.717, 1.165) is 35.3 Å². The maximum atomic E-state index is 12.6. The lowest BCUT2D eigenvalue weighted by atomic mass is 9.87. The minimum absolute atomic E-state index is 0.122. The number of benzene rings is 1. The summed E-state index contributed by atoms with van der Waals surface area (Å²) in [6.45, 7) is 2.65. The molecule has 1 heterocycles. The molecule has 0 saturated heterocycles. The molecule has 0 atom stereocenters. The Morgan fingerprint density at radius 1 is 1.27 bits per heavy atom. The van der Waals surface area contributed by atoms with Gasteiger partial charge in [0.25, 0.3) is 5.91 Å². The molecule has 1 aliphatic rings. The molecule has 22 heavy (non-hydrogen) atoms. The zero-order valence-corrected chi connectivity index (χ0v) is 13.2. The normalized spacial score (nSPS) is 21.9. The van der Waals surface area contributed by atoms with E-state index in [-0.39, 0.29) is 11.9 Å². The molecule has 1 aromatic carbocycles. The van der Waals surface area contributed by atoms with Crippen LogP contribution in [0.3, 0.4) is 0 Å². The van der Waals surface area contributed by atoms with E-state index < -0.39 is 0 Å². The number of nitrogens with one attached hydrogen (secondary N) is 1. The lowest BCUT2D eigenvalue weighted by Gasteiger charge is -2.26. The van der Waals surface area contributed by atoms with Crippen LogP contribution in [0.15, 0.2) is 28.7 Å². The summed E-state index contributed by atoms with van der Waals surface area (Å²) >= 11 is 0. The van der Waals surface area contributed by atoms with E-state index in [0.29, 0.717) is 12.4 Å². The third kappa shape index (κ3) is 3.02. The van der Waals surface area contributed by atoms with Crippen LogP contribution < -0.4 is 5.32 Å². The van der Waals surface area contributed by atoms with E-state index in [1.807, 2.05) is 24.3 Å². The highest BCUT2D eigenvalue weighted by Crippen LogP contribution is 2.28. The zero-order chi connectivity index (χ0) is 15.5. The van der Waals surface area contributed by atoms with Gasteiger partial charge in [0.1, 0.15) is 5.58 Å². The van der Waals surface area contributed by atoms with Gasteiger partial charge in [-0.05, 0) is 37.7 Å². The van der Waals surface area contributed by atoms with Crippen molar-refractivity contribution in [2.24, 2.45) is 5.92 Å². The quantitative estimate of drug-likeness (QED) is 0.932. The third-order valence-corrected chi connectivity index (χ3v) is 4.54. The molecule has 0 bridgehead atoms. The second-order valence-corrected chi connectivity index (χ2v) is 6.27. The Balaban J connectivity index is 1.82. The summed E-state index contributed by atoms with van der Waals surface area (Å²) < 4.78 is 11.0. The predicted molar refractivity (Wildman–Crippen MR) is 85.8 cm³/mol. The molecule has 1 fully saturated rings. The smallest absolute Gasteiger partial charge is 0.287 e. The van der Waals surface area contributed by atoms with Gasteiger partial charge in [-0.1, -0.05) is 25.1 Å². The van der Waals surface area contributed by atoms with Crippen molar-refractivity contribution in [1.29, 1.82) is 0 Å². The largest absolute Gasteiger partial charge is 0.451 e. The maximum Gasteiger partial charge on any atom is 0.287 e. The number of carbonyl (C=O) groups is 1. The van der Waals surface area contributed by atoms with Crippen LogP contribution >= 0.6 is 0 Å². The molecule has 0 spiro atoms. The van der Waals surface area contributed by atoms with Crippen molar-refractivity contribution in [3.8, 4) is 0 Å². The number of ether oxygens (including phenoxy) is 1. The predicted octanol–water partition coefficient (Wildman–Crippen LogP) is 3.89. The van der Waals surface area contributed by atoms with E-state index in [1.54, 1.807) is 7.11 Å². The van der Waals surface area contributed by atoms with Crippen LogP contribution in [-0.4, -0.2) is 19.1 Å². The molecule has 0 unspecified atom stereocenters. The molecular formula is C18H23NO3. The summed E-state index contributed by atoms with van der Waals surface area (Å²) in [5, 5.41) is 4.08. The summed E-state index contributed by atoms with van der Waals surface area (Å²) in [5.74, 6) is 1.04. The maximum absolute atomic E-state index is 12.6. The summed E-state index contributed by atoms with van der Waals surface area (Å²) in [6, 6.07) is 7.96. The third-order valence-electron chi connectivity index (χ3n) is 4.54. The number of fused-ring (bicyclic) bond motifs is 1. The van der Waals surface area contributed by atoms with E-state index in [4.69, 9.17) is 9.15 Å². The van der Waals surface area contributed by atoms with Gasteiger partial charge in [0.2, 0.25) is 0 Å². The summed E-state index contributed by atoms with van der Waals surface area (Å²) in [5.41, 5.74) is 1.57. The van der Waals surface area contributed by atoms with Gasteiger partial charge >= 0.3 is 0 Å². The molecule has 4 nitrogen and oxygen atoms in total. The molecule has 1 N–H and O–H groups in total. The summed E-state index contributed by atoms with van der Waals surface area (Å²) in [7, 11) is 1.63. The van der Waals surface area contributed by atoms with Crippen LogP contribution in [0.4, 0.5) is 0 Å². The molecular weight excluding hydrogens is 278 g/mol. The van der Waals surface area contributed by atoms with E-state index in [2.05, 4.69) is 12.2 Å². The van der Waals surface area contributed by atoms with Crippen molar-refractivity contribution in [2.45, 2.75) is 45.3 Å². The first kappa shape index (κ1) is 15.1. The van der Waals surface area contributed by atoms with Crippen molar-refractivity contribution < 1.29 is 13.9 Å². The molecule has 3 rings (SSSR count). The number of para-hydroxylation sites is 1. The highest BCUT2D eigenvalue weighted by Gasteiger charge is 2.24. The monoisotopic (exact) mass is 301 g/mol. The van der Waals surface area contributed by atoms with Crippen molar-refractivity contribution in [2.75, 3.05) is 7.11 Å². The molecule has 1 saturated carbocycles. The van der Waals surface area contributed by atoms with Gasteiger partial charge in [-0.25, -0.2) is 0 Å². The minimum atomic E-state index is -0.122. The Hall–Kier alpha value is -1.81. The Morgan fingerprint density at radius 3 is 2.73 bits per heavy atom. The molecule has 2 aromatic rings. The van der Waals surface area contributed by atoms with Crippen LogP contribution in [0.5, 0.6) is 0 Å². The molecule has 4 heteroatoms. The Bertz CT molecular complexity index is 653. The highest BCUT2D eigenvalue weighted by molar-refractivity contribution is 5.99. The fourth-order valence-corrected chi connectivity index (χ4v) is 3.23. The average molecular weight is 301 g/mol. The first-order chi connectivity index (χ1) is 10.7. The zero-order valence-electron chi connectivity index (χ0n) is 13.2. The fourth-order valence-electron chi connectivity index (χ4n) is 3.23. The van der Waals surface area contributed by atoms with Gasteiger partial charge in [0.05, 0.1) is 6.61 Å². The Kier molecular flexibility index (Phi) is 4.48. The lowest BCUT2D eigenvalue weighted by molar-refractivity contribution is 0.0890. The number of hydrogen-bond acceptors (Lipinski definition) is 3. The van der Waals surface area contributed by atoms with Gasteiger partial charge in [-0.2, -0.15) is 0 Å². The number of furan rings is 1. The number of methoxy groups -OCH3 is 1. The minimum Gasteiger partial charge on any atom is -0.451 e. The second kappa shape index (κ2) is 6.53. The van der Waals surface area contributed by atoms with Gasteiger partial charge in [0.15, 0.2) is 5.76 Å². The summed E-state index contributed by atoms with van der Waals surface area (Å²) in [6.07, 6.45) is 4.45. The van der Waals surface area contributed by atoms with Crippen molar-refractivity contribution >= 4 is 16.9 Å². The van der Waals surface area contributed by atoms with Crippen LogP contribution in [0.2, 0.25) is 0 Å². The summed E-state index contributed by atoms with van der Waals surface area (Å²) in [4.78, 5) is 12.6. The van der Waals surface area contributed by atoms with Crippen LogP contribution in [0.1, 0.15) is 48.7 Å². The van der Waals surface area contributed by atoms with E-state index in [9.17, 15) is 4.79 Å². The van der Waals surface area contributed by atoms with E-state index >= 15 is 0 Å². The number of carbonyl (C=O) groups excluding carboxylic acids is 1. The van der Waals surface area contributed by atoms with Gasteiger partial charge in [-0.15, -0.1) is 0 Å². The second-order valence-electron chi connectivity index (χ2n) is 6.27. The number of rotatable bonds is 4. The van der Waals surface area contributed by atoms with E-state index in [1.165, 1.54) is 12.8 Å². The van der Waals surface area contributed by atoms with Crippen LogP contribution in [0.25, 0.3) is 11.0 Å². The first-order valence-electron chi connectivity index (χ1n) is 7.99. The van der Waals surface area contributed by atoms with Crippen LogP contribution in [-0.2, 0) is 11.3 Å². The number of hydrogen-bond donors (Lipinski definition) is 1. The molecule has 118 valence electrons. The van der Waals surface area contributed by atoms with Crippen LogP contribution in [0, 0.1) is 5.92 Å². The molecule has 1 aliphatic carbocycles. The lowest BCUT2D eigenvalue weighted by Crippen LogP contribution is -2.37. The highest BCUT2D eigenvalue weighted by atomic mass is 16.5. The van der Waals surface area contributed by atoms with Crippen molar-refractivity contribution in [1.82, 2.24) is 5.32 Å². The van der Waals surface area contributed by atoms with Gasteiger partial charge < -0.3 is 14.5 Å². The standard InChI is InChI=1S/C18H23NO3/c1-12-7-9-13(10-8-12)19-18(20)17-15(11-21-2)14-5-3-4-6-16(14)22-17/h3-6,12-13H,7-11H2,1-2H3,(H,19,20). The van der Waals surface area contributed by atoms with Gasteiger partial charge in [-0.3, -0.25) is 4.79 Å². The first-order valence-corrected chi connectivity index (χ1v) is 7.99. The fraction of sp³-hybridized carbons (Fsp3) is 0.500. The topological polar surface area (TPSA) is 51.5 Å². The average Bonchev–Trinajstić information content (AvgIpc) is 2.89. The molecule has 1 aromatic heterocycles. The molecule has 0 aliphatic heterocycles. The van der Waals surface area contributed by atoms with Gasteiger partial charge in [0, 0.05) is 24.1 Å². The molecule has 1 amide bonds.